The molecule has 0 unspecified atom stereocenters. The van der Waals surface area contributed by atoms with Gasteiger partial charge in [-0.1, -0.05) is 99.6 Å². The molecule has 0 fully saturated rings. The smallest absolute Gasteiger partial charge is 0.213 e. The summed E-state index contributed by atoms with van der Waals surface area (Å²) in [7, 11) is 5.87. The third-order valence-electron chi connectivity index (χ3n) is 14.9. The van der Waals surface area contributed by atoms with Crippen LogP contribution < -0.4 is 13.7 Å². The number of nitrogens with zero attached hydrogens (tertiary/aromatic N) is 4. The minimum atomic E-state index is -2.42. The first-order valence-corrected chi connectivity index (χ1v) is 25.2. The molecule has 12 rings (SSSR count). The van der Waals surface area contributed by atoms with E-state index in [1.807, 2.05) is 56.3 Å². The SMILES string of the molecule is Cc1c(-c2cccc[n+]2C)ccc2c1Cc1ccccc1-2.[2H]C([2H])([2H])c1c[n+](C)c(-c2c(C)ccc3c2Cc2cc(C)cnc2-3)cc1C([2H])([2H])C(C)(C)C.[2H]C([2H])([2H])c1c[n+](C)c(-c2ccc3c(c2C)Cc2ccccc2-3)cc1C. The number of aryl methyl sites for hydroxylation is 8. The van der Waals surface area contributed by atoms with Crippen LogP contribution in [0.5, 0.6) is 0 Å². The number of hydrogen-bond donors (Lipinski definition) is 0. The average Bonchev–Trinajstić information content (AvgIpc) is 4.14. The van der Waals surface area contributed by atoms with Gasteiger partial charge in [-0.05, 0) is 180 Å². The summed E-state index contributed by atoms with van der Waals surface area (Å²) in [6.07, 6.45) is 8.25. The normalized spacial score (nSPS) is 14.6. The van der Waals surface area contributed by atoms with Gasteiger partial charge in [-0.15, -0.1) is 0 Å². The minimum Gasteiger partial charge on any atom is -0.256 e. The summed E-state index contributed by atoms with van der Waals surface area (Å²) >= 11 is 0. The topological polar surface area (TPSA) is 24.5 Å². The maximum Gasteiger partial charge on any atom is 0.213 e. The molecule has 3 aliphatic rings. The molecule has 4 heterocycles. The molecule has 0 spiro atoms. The largest absolute Gasteiger partial charge is 0.256 e. The number of fused-ring (bicyclic) bond motifs is 9. The fraction of sp³-hybridized carbons (Fsp3) is 0.265. The summed E-state index contributed by atoms with van der Waals surface area (Å²) in [4.78, 5) is 4.68. The standard InChI is InChI=1S/C26H31N2.C22H22N.C20H18N/c1-16-10-19-11-22-21(25(19)27-14-16)9-8-17(2)24(22)23-12-20(13-26(4,5)6)18(3)15-28(23)7;1-14-11-22(23(4)13-15(14)2)18-9-10-20-19-8-6-5-7-17(19)12-21(20)16(18)3;1-14-16(20-9-5-6-12-21(20)2)10-11-18-17-8-4-3-7-15(17)13-19(14)18/h8-10,12,14-15H,11,13H2,1-7H3;5-11,13H,12H2,1-4H3;3-12H,13H2,1-2H3/q3*+1/i3D3,13D2;2D3;. The van der Waals surface area contributed by atoms with Crippen LogP contribution in [0.1, 0.15) is 110 Å². The lowest BCUT2D eigenvalue weighted by Crippen LogP contribution is -2.32. The molecule has 4 nitrogen and oxygen atoms in total. The lowest BCUT2D eigenvalue weighted by atomic mass is 9.85. The molecule has 0 amide bonds. The molecule has 0 bridgehead atoms. The molecular formula is C68H71N4+3. The van der Waals surface area contributed by atoms with Gasteiger partial charge < -0.3 is 0 Å². The van der Waals surface area contributed by atoms with Crippen molar-refractivity contribution in [2.75, 3.05) is 0 Å². The molecule has 0 N–H and O–H groups in total. The third kappa shape index (κ3) is 9.02. The second-order valence-corrected chi connectivity index (χ2v) is 21.2. The second-order valence-electron chi connectivity index (χ2n) is 21.2. The van der Waals surface area contributed by atoms with E-state index < -0.39 is 25.5 Å². The van der Waals surface area contributed by atoms with E-state index in [1.165, 1.54) is 78.0 Å². The van der Waals surface area contributed by atoms with Crippen molar-refractivity contribution in [3.05, 3.63) is 224 Å². The van der Waals surface area contributed by atoms with E-state index in [-0.39, 0.29) is 11.1 Å². The van der Waals surface area contributed by atoms with Crippen molar-refractivity contribution in [1.29, 1.82) is 0 Å². The quantitative estimate of drug-likeness (QED) is 0.161. The third-order valence-corrected chi connectivity index (χ3v) is 14.9. The van der Waals surface area contributed by atoms with Crippen molar-refractivity contribution < 1.29 is 24.7 Å². The maximum absolute atomic E-state index is 8.90. The Morgan fingerprint density at radius 1 is 0.500 bits per heavy atom. The van der Waals surface area contributed by atoms with E-state index in [9.17, 15) is 0 Å². The molecule has 0 aliphatic heterocycles. The van der Waals surface area contributed by atoms with Crippen LogP contribution in [0.4, 0.5) is 0 Å². The highest BCUT2D eigenvalue weighted by atomic mass is 14.9. The van der Waals surface area contributed by atoms with Gasteiger partial charge in [0.1, 0.15) is 21.1 Å². The number of rotatable bonds is 4. The van der Waals surface area contributed by atoms with E-state index >= 15 is 0 Å². The van der Waals surface area contributed by atoms with Crippen LogP contribution in [-0.4, -0.2) is 4.98 Å². The second kappa shape index (κ2) is 19.0. The van der Waals surface area contributed by atoms with E-state index in [4.69, 9.17) is 11.0 Å². The highest BCUT2D eigenvalue weighted by molar-refractivity contribution is 5.85. The number of hydrogen-bond acceptors (Lipinski definition) is 1. The van der Waals surface area contributed by atoms with Gasteiger partial charge in [-0.25, -0.2) is 13.7 Å². The first-order chi connectivity index (χ1) is 37.6. The summed E-state index contributed by atoms with van der Waals surface area (Å²) in [6.45, 7) is 11.3. The summed E-state index contributed by atoms with van der Waals surface area (Å²) < 4.78 is 71.2. The van der Waals surface area contributed by atoms with Crippen molar-refractivity contribution >= 4 is 0 Å². The van der Waals surface area contributed by atoms with Gasteiger partial charge in [0.2, 0.25) is 17.1 Å². The summed E-state index contributed by atoms with van der Waals surface area (Å²) in [6, 6.07) is 42.7. The van der Waals surface area contributed by atoms with Crippen LogP contribution in [-0.2, 0) is 46.8 Å². The molecule has 0 radical (unpaired) electrons. The van der Waals surface area contributed by atoms with Gasteiger partial charge in [-0.2, -0.15) is 0 Å². The molecule has 0 atom stereocenters. The Labute approximate surface area is 440 Å². The highest BCUT2D eigenvalue weighted by Crippen LogP contribution is 2.44. The zero-order chi connectivity index (χ0) is 57.5. The summed E-state index contributed by atoms with van der Waals surface area (Å²) in [5, 5.41) is 0. The number of benzene rings is 5. The van der Waals surface area contributed by atoms with Gasteiger partial charge in [0.25, 0.3) is 0 Å². The fourth-order valence-corrected chi connectivity index (χ4v) is 11.2. The van der Waals surface area contributed by atoms with Gasteiger partial charge >= 0.3 is 0 Å². The van der Waals surface area contributed by atoms with Crippen LogP contribution in [0.25, 0.3) is 67.3 Å². The van der Waals surface area contributed by atoms with Gasteiger partial charge in [0.15, 0.2) is 18.6 Å². The Kier molecular flexibility index (Phi) is 10.4. The Morgan fingerprint density at radius 3 is 1.68 bits per heavy atom. The Morgan fingerprint density at radius 2 is 1.06 bits per heavy atom. The van der Waals surface area contributed by atoms with Gasteiger partial charge in [0.05, 0.1) is 11.3 Å². The van der Waals surface area contributed by atoms with E-state index in [0.29, 0.717) is 5.56 Å². The predicted molar refractivity (Wildman–Crippen MR) is 298 cm³/mol. The summed E-state index contributed by atoms with van der Waals surface area (Å²) in [5.74, 6) is 0. The molecular weight excluding hydrogens is 873 g/mol. The van der Waals surface area contributed by atoms with Crippen LogP contribution >= 0.6 is 0 Å². The molecule has 5 aromatic carbocycles. The molecule has 4 heteroatoms. The molecule has 0 saturated heterocycles. The van der Waals surface area contributed by atoms with Gasteiger partial charge in [-0.3, -0.25) is 4.98 Å². The van der Waals surface area contributed by atoms with E-state index in [1.54, 1.807) is 39.2 Å². The molecule has 0 saturated carbocycles. The minimum absolute atomic E-state index is 0.0551. The van der Waals surface area contributed by atoms with Gasteiger partial charge in [0, 0.05) is 75.7 Å². The van der Waals surface area contributed by atoms with Crippen molar-refractivity contribution in [3.8, 4) is 67.3 Å². The van der Waals surface area contributed by atoms with Crippen LogP contribution in [0, 0.1) is 53.7 Å². The molecule has 9 aromatic rings. The highest BCUT2D eigenvalue weighted by Gasteiger charge is 2.30. The van der Waals surface area contributed by atoms with Crippen molar-refractivity contribution in [1.82, 2.24) is 4.98 Å². The van der Waals surface area contributed by atoms with Crippen LogP contribution in [0.15, 0.2) is 146 Å². The van der Waals surface area contributed by atoms with E-state index in [0.717, 1.165) is 69.7 Å². The molecule has 72 heavy (non-hydrogen) atoms. The first kappa shape index (κ1) is 39.3. The van der Waals surface area contributed by atoms with Crippen molar-refractivity contribution in [2.45, 2.75) is 94.7 Å². The molecule has 3 aliphatic carbocycles. The zero-order valence-electron chi connectivity index (χ0n) is 51.8. The molecule has 4 aromatic heterocycles. The van der Waals surface area contributed by atoms with Crippen LogP contribution in [0.3, 0.4) is 0 Å². The lowest BCUT2D eigenvalue weighted by molar-refractivity contribution is -0.660. The zero-order valence-corrected chi connectivity index (χ0v) is 43.8. The Bertz CT molecular complexity index is 3950. The fourth-order valence-electron chi connectivity index (χ4n) is 11.2. The van der Waals surface area contributed by atoms with E-state index in [2.05, 4.69) is 146 Å². The van der Waals surface area contributed by atoms with Crippen molar-refractivity contribution in [3.63, 3.8) is 0 Å². The predicted octanol–water partition coefficient (Wildman–Crippen LogP) is 14.4. The monoisotopic (exact) mass is 952 g/mol. The number of aromatic nitrogens is 4. The molecule has 360 valence electrons. The lowest BCUT2D eigenvalue weighted by Gasteiger charge is -2.20. The Hall–Kier alpha value is -7.30. The summed E-state index contributed by atoms with van der Waals surface area (Å²) in [5.41, 5.74) is 27.8. The number of pyridine rings is 4. The average molecular weight is 952 g/mol. The first-order valence-electron chi connectivity index (χ1n) is 29.2. The Balaban J connectivity index is 0.000000138. The van der Waals surface area contributed by atoms with Crippen LogP contribution in [0.2, 0.25) is 0 Å². The maximum atomic E-state index is 8.90. The van der Waals surface area contributed by atoms with Crippen molar-refractivity contribution in [2.24, 2.45) is 26.6 Å².